The van der Waals surface area contributed by atoms with E-state index in [1.807, 2.05) is 12.5 Å². The zero-order valence-corrected chi connectivity index (χ0v) is 6.55. The zero-order chi connectivity index (χ0) is 8.69. The fourth-order valence-electron chi connectivity index (χ4n) is 0.581. The summed E-state index contributed by atoms with van der Waals surface area (Å²) in [6.45, 7) is 5.49. The van der Waals surface area contributed by atoms with Gasteiger partial charge in [-0.05, 0) is 12.0 Å². The Hall–Kier alpha value is -1.13. The second-order valence-corrected chi connectivity index (χ2v) is 1.91. The van der Waals surface area contributed by atoms with Crippen LogP contribution in [-0.4, -0.2) is 5.91 Å². The quantitative estimate of drug-likeness (QED) is 0.232. The van der Waals surface area contributed by atoms with Crippen LogP contribution in [0.2, 0.25) is 0 Å². The molecule has 0 heterocycles. The van der Waals surface area contributed by atoms with E-state index >= 15 is 0 Å². The van der Waals surface area contributed by atoms with Gasteiger partial charge in [0.15, 0.2) is 0 Å². The van der Waals surface area contributed by atoms with Crippen molar-refractivity contribution in [2.45, 2.75) is 13.3 Å². The molecule has 0 radical (unpaired) electrons. The smallest absolute Gasteiger partial charge is 0.259 e. The molecule has 0 atom stereocenters. The zero-order valence-electron chi connectivity index (χ0n) is 6.55. The second kappa shape index (κ2) is 5.64. The van der Waals surface area contributed by atoms with Gasteiger partial charge in [-0.15, -0.1) is 0 Å². The predicted molar refractivity (Wildman–Crippen MR) is 44.0 cm³/mol. The molecule has 0 saturated heterocycles. The van der Waals surface area contributed by atoms with E-state index in [-0.39, 0.29) is 5.91 Å². The summed E-state index contributed by atoms with van der Waals surface area (Å²) in [5.74, 6) is 4.58. The van der Waals surface area contributed by atoms with Crippen molar-refractivity contribution in [3.05, 3.63) is 24.3 Å². The normalized spacial score (nSPS) is 10.9. The number of carbonyl (C=O) groups excluding carboxylic acids is 1. The minimum atomic E-state index is -0.274. The van der Waals surface area contributed by atoms with Crippen LogP contribution < -0.4 is 16.8 Å². The van der Waals surface area contributed by atoms with Crippen LogP contribution in [-0.2, 0) is 4.79 Å². The highest BCUT2D eigenvalue weighted by molar-refractivity contribution is 5.88. The number of carbonyl (C=O) groups is 1. The van der Waals surface area contributed by atoms with E-state index in [4.69, 9.17) is 5.84 Å². The van der Waals surface area contributed by atoms with Crippen LogP contribution in [0.25, 0.3) is 0 Å². The monoisotopic (exact) mass is 155 g/mol. The van der Waals surface area contributed by atoms with E-state index in [0.717, 1.165) is 12.0 Å². The largest absolute Gasteiger partial charge is 0.275 e. The first-order valence-electron chi connectivity index (χ1n) is 3.33. The third-order valence-corrected chi connectivity index (χ3v) is 1.18. The number of nitrogens with one attached hydrogen (secondary N) is 2. The van der Waals surface area contributed by atoms with Crippen molar-refractivity contribution < 1.29 is 4.79 Å². The Bertz CT molecular complexity index is 175. The lowest BCUT2D eigenvalue weighted by Crippen LogP contribution is -2.41. The Morgan fingerprint density at radius 1 is 1.73 bits per heavy atom. The summed E-state index contributed by atoms with van der Waals surface area (Å²) in [5.41, 5.74) is 5.12. The Kier molecular flexibility index (Phi) is 5.06. The van der Waals surface area contributed by atoms with Crippen molar-refractivity contribution >= 4 is 5.91 Å². The molecule has 11 heavy (non-hydrogen) atoms. The van der Waals surface area contributed by atoms with Gasteiger partial charge < -0.3 is 0 Å². The Morgan fingerprint density at radius 2 is 2.36 bits per heavy atom. The number of hydrogen-bond donors (Lipinski definition) is 3. The molecule has 0 bridgehead atoms. The molecule has 0 spiro atoms. The number of amides is 1. The van der Waals surface area contributed by atoms with Gasteiger partial charge in [-0.1, -0.05) is 19.6 Å². The second-order valence-electron chi connectivity index (χ2n) is 1.91. The molecule has 0 unspecified atom stereocenters. The van der Waals surface area contributed by atoms with Crippen molar-refractivity contribution in [1.82, 2.24) is 11.0 Å². The Morgan fingerprint density at radius 3 is 2.73 bits per heavy atom. The van der Waals surface area contributed by atoms with E-state index in [2.05, 4.69) is 12.0 Å². The molecular weight excluding hydrogens is 142 g/mol. The summed E-state index contributed by atoms with van der Waals surface area (Å²) in [6.07, 6.45) is 3.85. The summed E-state index contributed by atoms with van der Waals surface area (Å²) in [7, 11) is 0. The average Bonchev–Trinajstić information content (AvgIpc) is 2.01. The predicted octanol–water partition coefficient (Wildman–Crippen LogP) is 0.00330. The standard InChI is InChI=1S/C7H13N3O/c1-3-6(4-2)5-7(11)9-10-8/h3,5,10H,1,4,8H2,2H3,(H,9,11)/b6-5+. The van der Waals surface area contributed by atoms with E-state index < -0.39 is 0 Å². The van der Waals surface area contributed by atoms with Crippen LogP contribution in [0.3, 0.4) is 0 Å². The molecular formula is C7H13N3O. The number of nitrogens with two attached hydrogens (primary N) is 1. The molecule has 0 fully saturated rings. The van der Waals surface area contributed by atoms with Crippen LogP contribution in [0.15, 0.2) is 24.3 Å². The maximum absolute atomic E-state index is 10.8. The van der Waals surface area contributed by atoms with E-state index in [1.165, 1.54) is 6.08 Å². The minimum Gasteiger partial charge on any atom is -0.275 e. The molecule has 0 aliphatic heterocycles. The maximum Gasteiger partial charge on any atom is 0.259 e. The number of allylic oxidation sites excluding steroid dienone is 2. The van der Waals surface area contributed by atoms with Gasteiger partial charge in [0.1, 0.15) is 0 Å². The lowest BCUT2D eigenvalue weighted by Gasteiger charge is -1.98. The highest BCUT2D eigenvalue weighted by atomic mass is 16.2. The summed E-state index contributed by atoms with van der Waals surface area (Å²) >= 11 is 0. The molecule has 0 aromatic carbocycles. The van der Waals surface area contributed by atoms with Gasteiger partial charge in [-0.3, -0.25) is 16.1 Å². The summed E-state index contributed by atoms with van der Waals surface area (Å²) in [4.78, 5) is 10.8. The van der Waals surface area contributed by atoms with Crippen LogP contribution in [0.4, 0.5) is 0 Å². The van der Waals surface area contributed by atoms with Crippen LogP contribution in [0.5, 0.6) is 0 Å². The highest BCUT2D eigenvalue weighted by Crippen LogP contribution is 1.99. The molecule has 1 amide bonds. The number of hydrogen-bond acceptors (Lipinski definition) is 3. The van der Waals surface area contributed by atoms with E-state index in [9.17, 15) is 4.79 Å². The van der Waals surface area contributed by atoms with Gasteiger partial charge in [-0.2, -0.15) is 5.53 Å². The van der Waals surface area contributed by atoms with Gasteiger partial charge in [0, 0.05) is 6.08 Å². The third kappa shape index (κ3) is 4.30. The molecule has 4 heteroatoms. The topological polar surface area (TPSA) is 67.2 Å². The first-order valence-corrected chi connectivity index (χ1v) is 3.33. The molecule has 62 valence electrons. The fourth-order valence-corrected chi connectivity index (χ4v) is 0.581. The molecule has 0 aliphatic rings. The maximum atomic E-state index is 10.8. The van der Waals surface area contributed by atoms with Crippen LogP contribution in [0.1, 0.15) is 13.3 Å². The Balaban J connectivity index is 4.03. The lowest BCUT2D eigenvalue weighted by atomic mass is 10.2. The third-order valence-electron chi connectivity index (χ3n) is 1.18. The van der Waals surface area contributed by atoms with Gasteiger partial charge in [0.05, 0.1) is 0 Å². The molecule has 4 nitrogen and oxygen atoms in total. The van der Waals surface area contributed by atoms with Gasteiger partial charge >= 0.3 is 0 Å². The summed E-state index contributed by atoms with van der Waals surface area (Å²) in [5, 5.41) is 0. The summed E-state index contributed by atoms with van der Waals surface area (Å²) in [6, 6.07) is 0. The van der Waals surface area contributed by atoms with Crippen molar-refractivity contribution in [2.75, 3.05) is 0 Å². The SMILES string of the molecule is C=C/C(=C\C(=O)NNN)CC. The van der Waals surface area contributed by atoms with E-state index in [0.29, 0.717) is 0 Å². The van der Waals surface area contributed by atoms with Gasteiger partial charge in [0.25, 0.3) is 5.91 Å². The summed E-state index contributed by atoms with van der Waals surface area (Å²) < 4.78 is 0. The first kappa shape index (κ1) is 9.87. The highest BCUT2D eigenvalue weighted by Gasteiger charge is 1.94. The average molecular weight is 155 g/mol. The van der Waals surface area contributed by atoms with Crippen molar-refractivity contribution in [2.24, 2.45) is 5.84 Å². The molecule has 4 N–H and O–H groups in total. The van der Waals surface area contributed by atoms with Crippen LogP contribution in [0, 0.1) is 0 Å². The lowest BCUT2D eigenvalue weighted by molar-refractivity contribution is -0.117. The molecule has 0 aromatic heterocycles. The molecule has 0 aromatic rings. The van der Waals surface area contributed by atoms with Crippen LogP contribution >= 0.6 is 0 Å². The van der Waals surface area contributed by atoms with Crippen molar-refractivity contribution in [3.63, 3.8) is 0 Å². The van der Waals surface area contributed by atoms with Gasteiger partial charge in [0.2, 0.25) is 0 Å². The number of hydrazine groups is 2. The van der Waals surface area contributed by atoms with E-state index in [1.54, 1.807) is 6.08 Å². The fraction of sp³-hybridized carbons (Fsp3) is 0.286. The van der Waals surface area contributed by atoms with Crippen molar-refractivity contribution in [3.8, 4) is 0 Å². The molecule has 0 aliphatic carbocycles. The minimum absolute atomic E-state index is 0.274. The first-order chi connectivity index (χ1) is 5.24. The van der Waals surface area contributed by atoms with Gasteiger partial charge in [-0.25, -0.2) is 0 Å². The molecule has 0 rings (SSSR count). The van der Waals surface area contributed by atoms with Crippen molar-refractivity contribution in [1.29, 1.82) is 0 Å². The number of rotatable bonds is 4. The molecule has 0 saturated carbocycles. The Labute approximate surface area is 66.1 Å².